The third-order valence-electron chi connectivity index (χ3n) is 3.04. The van der Waals surface area contributed by atoms with E-state index in [0.29, 0.717) is 11.3 Å². The van der Waals surface area contributed by atoms with E-state index in [0.717, 1.165) is 20.0 Å². The molecule has 0 unspecified atom stereocenters. The molecule has 0 radical (unpaired) electrons. The molecule has 106 valence electrons. The van der Waals surface area contributed by atoms with Crippen molar-refractivity contribution in [1.82, 2.24) is 0 Å². The summed E-state index contributed by atoms with van der Waals surface area (Å²) in [6.45, 7) is 0. The van der Waals surface area contributed by atoms with E-state index in [1.54, 1.807) is 19.2 Å². The molecule has 1 aliphatic rings. The van der Waals surface area contributed by atoms with Gasteiger partial charge in [0.25, 0.3) is 11.7 Å². The molecular formula is C15H10BrNO3S. The van der Waals surface area contributed by atoms with Gasteiger partial charge in [0.1, 0.15) is 5.75 Å². The number of hydrogen-bond donors (Lipinski definition) is 1. The largest absolute Gasteiger partial charge is 0.497 e. The number of Topliss-reactive ketones (excluding diaryl/α,β-unsaturated/α-hetero) is 1. The Morgan fingerprint density at radius 3 is 2.76 bits per heavy atom. The van der Waals surface area contributed by atoms with Crippen LogP contribution in [0.3, 0.4) is 0 Å². The van der Waals surface area contributed by atoms with Crippen molar-refractivity contribution in [2.75, 3.05) is 12.4 Å². The van der Waals surface area contributed by atoms with Crippen LogP contribution in [0.5, 0.6) is 5.75 Å². The molecule has 2 aromatic carbocycles. The van der Waals surface area contributed by atoms with Crippen LogP contribution in [-0.2, 0) is 4.79 Å². The third-order valence-corrected chi connectivity index (χ3v) is 5.01. The fourth-order valence-corrected chi connectivity index (χ4v) is 3.51. The topological polar surface area (TPSA) is 55.4 Å². The van der Waals surface area contributed by atoms with Crippen LogP contribution in [0.15, 0.2) is 50.7 Å². The van der Waals surface area contributed by atoms with Gasteiger partial charge in [-0.1, -0.05) is 17.8 Å². The van der Waals surface area contributed by atoms with Crippen molar-refractivity contribution in [3.8, 4) is 5.75 Å². The number of benzene rings is 2. The Kier molecular flexibility index (Phi) is 3.73. The number of nitrogens with one attached hydrogen (secondary N) is 1. The number of amides is 1. The standard InChI is InChI=1S/C15H10BrNO3S/c1-20-8-3-2-4-9(5-8)21-13-7-12-10(6-11(13)16)14(18)15(19)17-12/h2-7H,1H3,(H,17,18,19). The zero-order chi connectivity index (χ0) is 15.0. The third kappa shape index (κ3) is 2.69. The number of ketones is 1. The molecule has 0 saturated heterocycles. The second-order valence-corrected chi connectivity index (χ2v) is 6.36. The summed E-state index contributed by atoms with van der Waals surface area (Å²) >= 11 is 4.97. The van der Waals surface area contributed by atoms with Crippen molar-refractivity contribution in [2.24, 2.45) is 0 Å². The number of carbonyl (C=O) groups is 2. The Morgan fingerprint density at radius 2 is 2.00 bits per heavy atom. The zero-order valence-electron chi connectivity index (χ0n) is 11.0. The Labute approximate surface area is 134 Å². The highest BCUT2D eigenvalue weighted by atomic mass is 79.9. The Morgan fingerprint density at radius 1 is 1.19 bits per heavy atom. The second kappa shape index (κ2) is 5.54. The maximum Gasteiger partial charge on any atom is 0.296 e. The molecule has 1 N–H and O–H groups in total. The lowest BCUT2D eigenvalue weighted by Crippen LogP contribution is -2.12. The summed E-state index contributed by atoms with van der Waals surface area (Å²) in [5.41, 5.74) is 0.959. The molecule has 0 bridgehead atoms. The summed E-state index contributed by atoms with van der Waals surface area (Å²) in [5.74, 6) is -0.301. The molecule has 0 spiro atoms. The lowest BCUT2D eigenvalue weighted by molar-refractivity contribution is -0.112. The normalized spacial score (nSPS) is 13.0. The molecule has 1 heterocycles. The van der Waals surface area contributed by atoms with Crippen LogP contribution < -0.4 is 10.1 Å². The van der Waals surface area contributed by atoms with Gasteiger partial charge in [-0.05, 0) is 46.3 Å². The van der Waals surface area contributed by atoms with Gasteiger partial charge in [-0.2, -0.15) is 0 Å². The Balaban J connectivity index is 1.95. The molecule has 0 saturated carbocycles. The van der Waals surface area contributed by atoms with E-state index in [-0.39, 0.29) is 0 Å². The van der Waals surface area contributed by atoms with E-state index < -0.39 is 11.7 Å². The van der Waals surface area contributed by atoms with Crippen LogP contribution in [0, 0.1) is 0 Å². The van der Waals surface area contributed by atoms with Gasteiger partial charge in [0.15, 0.2) is 0 Å². The Bertz CT molecular complexity index is 761. The van der Waals surface area contributed by atoms with Gasteiger partial charge in [0, 0.05) is 14.3 Å². The average molecular weight is 364 g/mol. The summed E-state index contributed by atoms with van der Waals surface area (Å²) in [7, 11) is 1.62. The van der Waals surface area contributed by atoms with Gasteiger partial charge in [0.05, 0.1) is 18.4 Å². The molecule has 0 atom stereocenters. The van der Waals surface area contributed by atoms with Crippen LogP contribution in [0.4, 0.5) is 5.69 Å². The predicted molar refractivity (Wildman–Crippen MR) is 84.2 cm³/mol. The SMILES string of the molecule is COc1cccc(Sc2cc3c(cc2Br)C(=O)C(=O)N3)c1. The van der Waals surface area contributed by atoms with Crippen molar-refractivity contribution in [1.29, 1.82) is 0 Å². The van der Waals surface area contributed by atoms with Crippen LogP contribution in [-0.4, -0.2) is 18.8 Å². The first kappa shape index (κ1) is 14.2. The summed E-state index contributed by atoms with van der Waals surface area (Å²) in [6, 6.07) is 11.2. The maximum absolute atomic E-state index is 11.6. The number of halogens is 1. The average Bonchev–Trinajstić information content (AvgIpc) is 2.75. The number of anilines is 1. The van der Waals surface area contributed by atoms with Gasteiger partial charge in [-0.3, -0.25) is 9.59 Å². The highest BCUT2D eigenvalue weighted by molar-refractivity contribution is 9.10. The van der Waals surface area contributed by atoms with Crippen molar-refractivity contribution < 1.29 is 14.3 Å². The maximum atomic E-state index is 11.6. The lowest BCUT2D eigenvalue weighted by atomic mass is 10.1. The van der Waals surface area contributed by atoms with Gasteiger partial charge >= 0.3 is 0 Å². The first-order valence-electron chi connectivity index (χ1n) is 6.09. The second-order valence-electron chi connectivity index (χ2n) is 4.39. The van der Waals surface area contributed by atoms with Crippen molar-refractivity contribution in [2.45, 2.75) is 9.79 Å². The molecule has 21 heavy (non-hydrogen) atoms. The molecule has 1 aliphatic heterocycles. The molecule has 6 heteroatoms. The summed E-state index contributed by atoms with van der Waals surface area (Å²) in [5, 5.41) is 2.58. The van der Waals surface area contributed by atoms with E-state index in [2.05, 4.69) is 21.2 Å². The molecule has 2 aromatic rings. The highest BCUT2D eigenvalue weighted by Crippen LogP contribution is 2.39. The minimum atomic E-state index is -0.583. The predicted octanol–water partition coefficient (Wildman–Crippen LogP) is 3.74. The van der Waals surface area contributed by atoms with Crippen molar-refractivity contribution in [3.05, 3.63) is 46.4 Å². The first-order valence-corrected chi connectivity index (χ1v) is 7.70. The Hall–Kier alpha value is -1.79. The minimum absolute atomic E-state index is 0.405. The first-order chi connectivity index (χ1) is 10.1. The number of ether oxygens (including phenoxy) is 1. The monoisotopic (exact) mass is 363 g/mol. The van der Waals surface area contributed by atoms with Gasteiger partial charge in [-0.15, -0.1) is 0 Å². The van der Waals surface area contributed by atoms with Crippen molar-refractivity contribution >= 4 is 45.1 Å². The summed E-state index contributed by atoms with van der Waals surface area (Å²) < 4.78 is 5.97. The van der Waals surface area contributed by atoms with Crippen molar-refractivity contribution in [3.63, 3.8) is 0 Å². The molecule has 0 aliphatic carbocycles. The molecule has 3 rings (SSSR count). The van der Waals surface area contributed by atoms with Crippen LogP contribution in [0.25, 0.3) is 0 Å². The summed E-state index contributed by atoms with van der Waals surface area (Å²) in [6.07, 6.45) is 0. The van der Waals surface area contributed by atoms with E-state index in [1.807, 2.05) is 24.3 Å². The van der Waals surface area contributed by atoms with Gasteiger partial charge < -0.3 is 10.1 Å². The molecule has 0 fully saturated rings. The minimum Gasteiger partial charge on any atom is -0.497 e. The van der Waals surface area contributed by atoms with E-state index in [1.165, 1.54) is 11.8 Å². The molecular weight excluding hydrogens is 354 g/mol. The number of rotatable bonds is 3. The molecule has 0 aromatic heterocycles. The van der Waals surface area contributed by atoms with E-state index in [4.69, 9.17) is 4.74 Å². The van der Waals surface area contributed by atoms with Crippen LogP contribution in [0.2, 0.25) is 0 Å². The lowest BCUT2D eigenvalue weighted by Gasteiger charge is -2.08. The number of hydrogen-bond acceptors (Lipinski definition) is 4. The number of methoxy groups -OCH3 is 1. The van der Waals surface area contributed by atoms with Crippen LogP contribution >= 0.6 is 27.7 Å². The van der Waals surface area contributed by atoms with E-state index in [9.17, 15) is 9.59 Å². The molecule has 1 amide bonds. The quantitative estimate of drug-likeness (QED) is 0.843. The highest BCUT2D eigenvalue weighted by Gasteiger charge is 2.29. The van der Waals surface area contributed by atoms with Gasteiger partial charge in [-0.25, -0.2) is 0 Å². The fourth-order valence-electron chi connectivity index (χ4n) is 2.02. The van der Waals surface area contributed by atoms with Crippen LogP contribution in [0.1, 0.15) is 10.4 Å². The van der Waals surface area contributed by atoms with Gasteiger partial charge in [0.2, 0.25) is 0 Å². The zero-order valence-corrected chi connectivity index (χ0v) is 13.4. The molecule has 4 nitrogen and oxygen atoms in total. The number of fused-ring (bicyclic) bond motifs is 1. The summed E-state index contributed by atoms with van der Waals surface area (Å²) in [4.78, 5) is 25.0. The fraction of sp³-hybridized carbons (Fsp3) is 0.0667. The smallest absolute Gasteiger partial charge is 0.296 e. The van der Waals surface area contributed by atoms with E-state index >= 15 is 0 Å². The number of carbonyl (C=O) groups excluding carboxylic acids is 2.